The molecule has 0 bridgehead atoms. The third kappa shape index (κ3) is 2.79. The van der Waals surface area contributed by atoms with Crippen LogP contribution < -0.4 is 0 Å². The van der Waals surface area contributed by atoms with E-state index in [4.69, 9.17) is 4.98 Å². The zero-order chi connectivity index (χ0) is 15.8. The molecule has 3 aromatic rings. The zero-order valence-corrected chi connectivity index (χ0v) is 14.2. The van der Waals surface area contributed by atoms with Gasteiger partial charge in [0, 0.05) is 21.9 Å². The Balaban J connectivity index is 1.76. The highest BCUT2D eigenvalue weighted by Gasteiger charge is 2.26. The molecule has 0 radical (unpaired) electrons. The lowest BCUT2D eigenvalue weighted by Crippen LogP contribution is -1.91. The van der Waals surface area contributed by atoms with E-state index in [0.29, 0.717) is 5.25 Å². The van der Waals surface area contributed by atoms with E-state index >= 15 is 0 Å². The standard InChI is InChI=1S/C21H19NS/c1-14-10-15(2)12-18(11-14)20-21-17(8-9-22-20)13-19(23-21)16-6-4-3-5-7-16/h3-12,19H,13H2,1-2H3. The topological polar surface area (TPSA) is 12.9 Å². The maximum Gasteiger partial charge on any atom is 0.0840 e. The summed E-state index contributed by atoms with van der Waals surface area (Å²) in [5.41, 5.74) is 7.79. The molecule has 4 rings (SSSR count). The normalized spacial score (nSPS) is 16.3. The van der Waals surface area contributed by atoms with E-state index in [1.165, 1.54) is 32.7 Å². The smallest absolute Gasteiger partial charge is 0.0840 e. The summed E-state index contributed by atoms with van der Waals surface area (Å²) in [5.74, 6) is 0. The SMILES string of the molecule is Cc1cc(C)cc(-c2nccc3c2SC(c2ccccc2)C3)c1. The number of thioether (sulfide) groups is 1. The van der Waals surface area contributed by atoms with Gasteiger partial charge in [-0.1, -0.05) is 47.5 Å². The molecule has 2 heteroatoms. The lowest BCUT2D eigenvalue weighted by atomic mass is 10.0. The van der Waals surface area contributed by atoms with E-state index in [9.17, 15) is 0 Å². The zero-order valence-electron chi connectivity index (χ0n) is 13.4. The van der Waals surface area contributed by atoms with Crippen LogP contribution in [0.25, 0.3) is 11.3 Å². The number of hydrogen-bond acceptors (Lipinski definition) is 2. The predicted molar refractivity (Wildman–Crippen MR) is 97.9 cm³/mol. The third-order valence-corrected chi connectivity index (χ3v) is 5.73. The van der Waals surface area contributed by atoms with Crippen LogP contribution in [0.15, 0.2) is 65.7 Å². The second-order valence-electron chi connectivity index (χ2n) is 6.25. The maximum atomic E-state index is 4.71. The van der Waals surface area contributed by atoms with Crippen molar-refractivity contribution in [1.29, 1.82) is 0 Å². The van der Waals surface area contributed by atoms with Crippen molar-refractivity contribution in [3.8, 4) is 11.3 Å². The summed E-state index contributed by atoms with van der Waals surface area (Å²) in [4.78, 5) is 6.06. The minimum absolute atomic E-state index is 0.500. The molecule has 1 aliphatic heterocycles. The van der Waals surface area contributed by atoms with Crippen molar-refractivity contribution >= 4 is 11.8 Å². The molecule has 1 nitrogen and oxygen atoms in total. The van der Waals surface area contributed by atoms with Crippen molar-refractivity contribution in [2.24, 2.45) is 0 Å². The molecule has 1 aromatic heterocycles. The monoisotopic (exact) mass is 317 g/mol. The Labute approximate surface area is 141 Å². The first-order valence-corrected chi connectivity index (χ1v) is 8.87. The molecule has 1 atom stereocenters. The molecule has 0 aliphatic carbocycles. The fraction of sp³-hybridized carbons (Fsp3) is 0.190. The number of fused-ring (bicyclic) bond motifs is 1. The van der Waals surface area contributed by atoms with Gasteiger partial charge in [-0.05, 0) is 49.6 Å². The van der Waals surface area contributed by atoms with Crippen molar-refractivity contribution in [1.82, 2.24) is 4.98 Å². The summed E-state index contributed by atoms with van der Waals surface area (Å²) in [6, 6.07) is 19.7. The molecule has 1 aliphatic rings. The first kappa shape index (κ1) is 14.5. The second kappa shape index (κ2) is 5.86. The van der Waals surface area contributed by atoms with Gasteiger partial charge in [-0.3, -0.25) is 4.98 Å². The number of aromatic nitrogens is 1. The minimum Gasteiger partial charge on any atom is -0.255 e. The van der Waals surface area contributed by atoms with Crippen LogP contribution in [0, 0.1) is 13.8 Å². The molecule has 2 aromatic carbocycles. The minimum atomic E-state index is 0.500. The van der Waals surface area contributed by atoms with E-state index in [-0.39, 0.29) is 0 Å². The molecule has 23 heavy (non-hydrogen) atoms. The Morgan fingerprint density at radius 3 is 2.43 bits per heavy atom. The first-order valence-electron chi connectivity index (χ1n) is 7.99. The maximum absolute atomic E-state index is 4.71. The molecular weight excluding hydrogens is 298 g/mol. The Bertz CT molecular complexity index is 835. The van der Waals surface area contributed by atoms with Crippen LogP contribution >= 0.6 is 11.8 Å². The van der Waals surface area contributed by atoms with Crippen molar-refractivity contribution < 1.29 is 0 Å². The number of benzene rings is 2. The molecule has 0 N–H and O–H groups in total. The molecule has 0 spiro atoms. The second-order valence-corrected chi connectivity index (χ2v) is 7.46. The first-order chi connectivity index (χ1) is 11.2. The Kier molecular flexibility index (Phi) is 3.70. The Morgan fingerprint density at radius 1 is 0.957 bits per heavy atom. The third-order valence-electron chi connectivity index (χ3n) is 4.32. The van der Waals surface area contributed by atoms with Gasteiger partial charge in [0.15, 0.2) is 0 Å². The van der Waals surface area contributed by atoms with E-state index in [2.05, 4.69) is 68.4 Å². The van der Waals surface area contributed by atoms with E-state index in [1.807, 2.05) is 18.0 Å². The highest BCUT2D eigenvalue weighted by Crippen LogP contribution is 2.49. The van der Waals surface area contributed by atoms with Gasteiger partial charge in [-0.25, -0.2) is 0 Å². The molecule has 0 saturated carbocycles. The van der Waals surface area contributed by atoms with Gasteiger partial charge in [0.1, 0.15) is 0 Å². The average molecular weight is 317 g/mol. The lowest BCUT2D eigenvalue weighted by molar-refractivity contribution is 0.945. The molecular formula is C21H19NS. The van der Waals surface area contributed by atoms with Gasteiger partial charge in [0.25, 0.3) is 0 Å². The van der Waals surface area contributed by atoms with Crippen molar-refractivity contribution in [3.05, 3.63) is 83.0 Å². The van der Waals surface area contributed by atoms with Gasteiger partial charge >= 0.3 is 0 Å². The fourth-order valence-corrected chi connectivity index (χ4v) is 4.76. The van der Waals surface area contributed by atoms with Crippen molar-refractivity contribution in [2.75, 3.05) is 0 Å². The van der Waals surface area contributed by atoms with E-state index in [1.54, 1.807) is 0 Å². The van der Waals surface area contributed by atoms with Crippen LogP contribution in [0.1, 0.15) is 27.5 Å². The summed E-state index contributed by atoms with van der Waals surface area (Å²) < 4.78 is 0. The van der Waals surface area contributed by atoms with Crippen LogP contribution in [-0.2, 0) is 6.42 Å². The number of rotatable bonds is 2. The molecule has 1 unspecified atom stereocenters. The highest BCUT2D eigenvalue weighted by molar-refractivity contribution is 8.00. The largest absolute Gasteiger partial charge is 0.255 e. The van der Waals surface area contributed by atoms with Crippen LogP contribution in [0.2, 0.25) is 0 Å². The summed E-state index contributed by atoms with van der Waals surface area (Å²) >= 11 is 1.96. The van der Waals surface area contributed by atoms with Crippen molar-refractivity contribution in [2.45, 2.75) is 30.4 Å². The molecule has 0 saturated heterocycles. The summed E-state index contributed by atoms with van der Waals surface area (Å²) in [6.07, 6.45) is 3.05. The van der Waals surface area contributed by atoms with Gasteiger partial charge in [0.2, 0.25) is 0 Å². The number of hydrogen-bond donors (Lipinski definition) is 0. The summed E-state index contributed by atoms with van der Waals surface area (Å²) in [6.45, 7) is 4.30. The highest BCUT2D eigenvalue weighted by atomic mass is 32.2. The number of nitrogens with zero attached hydrogens (tertiary/aromatic N) is 1. The summed E-state index contributed by atoms with van der Waals surface area (Å²) in [7, 11) is 0. The predicted octanol–water partition coefficient (Wildman–Crippen LogP) is 5.75. The van der Waals surface area contributed by atoms with Gasteiger partial charge in [-0.15, -0.1) is 11.8 Å². The van der Waals surface area contributed by atoms with E-state index in [0.717, 1.165) is 12.1 Å². The lowest BCUT2D eigenvalue weighted by Gasteiger charge is -2.10. The molecule has 2 heterocycles. The molecule has 0 fully saturated rings. The molecule has 114 valence electrons. The van der Waals surface area contributed by atoms with E-state index < -0.39 is 0 Å². The van der Waals surface area contributed by atoms with Crippen LogP contribution in [0.5, 0.6) is 0 Å². The van der Waals surface area contributed by atoms with Gasteiger partial charge in [0.05, 0.1) is 5.69 Å². The number of aryl methyl sites for hydroxylation is 2. The summed E-state index contributed by atoms with van der Waals surface area (Å²) in [5, 5.41) is 0.500. The van der Waals surface area contributed by atoms with Gasteiger partial charge < -0.3 is 0 Å². The molecule has 0 amide bonds. The van der Waals surface area contributed by atoms with Gasteiger partial charge in [-0.2, -0.15) is 0 Å². The van der Waals surface area contributed by atoms with Crippen molar-refractivity contribution in [3.63, 3.8) is 0 Å². The number of pyridine rings is 1. The average Bonchev–Trinajstić information content (AvgIpc) is 2.99. The quantitative estimate of drug-likeness (QED) is 0.596. The van der Waals surface area contributed by atoms with Crippen LogP contribution in [-0.4, -0.2) is 4.98 Å². The fourth-order valence-electron chi connectivity index (χ4n) is 3.33. The Morgan fingerprint density at radius 2 is 1.70 bits per heavy atom. The van der Waals surface area contributed by atoms with Crippen LogP contribution in [0.4, 0.5) is 0 Å². The Hall–Kier alpha value is -2.06. The van der Waals surface area contributed by atoms with Crippen LogP contribution in [0.3, 0.4) is 0 Å².